The van der Waals surface area contributed by atoms with Gasteiger partial charge in [-0.3, -0.25) is 20.0 Å². The molecule has 116 valence electrons. The van der Waals surface area contributed by atoms with E-state index in [1.807, 2.05) is 39.0 Å². The monoisotopic (exact) mass is 302 g/mol. The van der Waals surface area contributed by atoms with Crippen molar-refractivity contribution in [3.8, 4) is 0 Å². The standard InChI is InChI=1S/C15H18N4O3/c1-8-6-5-7-12(9(8)2)10(3)16-15(20)13-14(19(21)22)11(4)17-18-13/h5-7,10H,1-4H3,(H,16,20)(H,17,18)/t10-/m1/s1. The predicted octanol–water partition coefficient (Wildman–Crippen LogP) is 2.73. The number of nitrogens with zero attached hydrogens (tertiary/aromatic N) is 2. The number of carbonyl (C=O) groups is 1. The Hall–Kier alpha value is -2.70. The Bertz CT molecular complexity index is 736. The molecule has 1 aromatic heterocycles. The van der Waals surface area contributed by atoms with Gasteiger partial charge in [-0.1, -0.05) is 18.2 Å². The summed E-state index contributed by atoms with van der Waals surface area (Å²) in [6, 6.07) is 5.57. The van der Waals surface area contributed by atoms with Crippen LogP contribution in [-0.4, -0.2) is 21.0 Å². The van der Waals surface area contributed by atoms with Gasteiger partial charge in [0.05, 0.1) is 11.0 Å². The average Bonchev–Trinajstić information content (AvgIpc) is 2.83. The van der Waals surface area contributed by atoms with Crippen molar-refractivity contribution in [1.82, 2.24) is 15.5 Å². The van der Waals surface area contributed by atoms with E-state index in [1.54, 1.807) is 0 Å². The third-order valence-corrected chi connectivity index (χ3v) is 3.77. The number of benzene rings is 1. The molecule has 1 heterocycles. The van der Waals surface area contributed by atoms with Crippen molar-refractivity contribution in [3.63, 3.8) is 0 Å². The van der Waals surface area contributed by atoms with Gasteiger partial charge in [-0.2, -0.15) is 5.10 Å². The lowest BCUT2D eigenvalue weighted by Crippen LogP contribution is -2.28. The molecule has 7 heteroatoms. The molecule has 2 aromatic rings. The first-order valence-electron chi connectivity index (χ1n) is 6.89. The Morgan fingerprint density at radius 1 is 1.36 bits per heavy atom. The van der Waals surface area contributed by atoms with Gasteiger partial charge in [-0.15, -0.1) is 0 Å². The van der Waals surface area contributed by atoms with E-state index in [2.05, 4.69) is 15.5 Å². The maximum absolute atomic E-state index is 12.3. The van der Waals surface area contributed by atoms with E-state index < -0.39 is 10.8 Å². The summed E-state index contributed by atoms with van der Waals surface area (Å²) in [7, 11) is 0. The van der Waals surface area contributed by atoms with Gasteiger partial charge >= 0.3 is 5.69 Å². The van der Waals surface area contributed by atoms with Crippen molar-refractivity contribution >= 4 is 11.6 Å². The molecule has 1 aromatic carbocycles. The molecule has 0 radical (unpaired) electrons. The Kier molecular flexibility index (Phi) is 4.25. The molecule has 1 amide bonds. The van der Waals surface area contributed by atoms with E-state index in [9.17, 15) is 14.9 Å². The molecule has 2 N–H and O–H groups in total. The van der Waals surface area contributed by atoms with Crippen LogP contribution in [0, 0.1) is 30.9 Å². The number of aromatic amines is 1. The highest BCUT2D eigenvalue weighted by molar-refractivity contribution is 5.96. The fourth-order valence-corrected chi connectivity index (χ4v) is 2.39. The fraction of sp³-hybridized carbons (Fsp3) is 0.333. The van der Waals surface area contributed by atoms with Crippen molar-refractivity contribution in [2.24, 2.45) is 0 Å². The number of amides is 1. The van der Waals surface area contributed by atoms with Gasteiger partial charge in [0.1, 0.15) is 5.69 Å². The molecule has 1 atom stereocenters. The summed E-state index contributed by atoms with van der Waals surface area (Å²) in [5, 5.41) is 20.0. The van der Waals surface area contributed by atoms with E-state index >= 15 is 0 Å². The van der Waals surface area contributed by atoms with Gasteiger partial charge in [0, 0.05) is 0 Å². The molecule has 0 unspecified atom stereocenters. The number of aromatic nitrogens is 2. The van der Waals surface area contributed by atoms with Crippen LogP contribution in [-0.2, 0) is 0 Å². The maximum Gasteiger partial charge on any atom is 0.322 e. The normalized spacial score (nSPS) is 12.0. The number of nitro groups is 1. The minimum Gasteiger partial charge on any atom is -0.344 e. The number of rotatable bonds is 4. The van der Waals surface area contributed by atoms with Crippen LogP contribution in [0.5, 0.6) is 0 Å². The summed E-state index contributed by atoms with van der Waals surface area (Å²) < 4.78 is 0. The topological polar surface area (TPSA) is 101 Å². The van der Waals surface area contributed by atoms with Gasteiger partial charge < -0.3 is 5.32 Å². The van der Waals surface area contributed by atoms with Crippen LogP contribution in [0.1, 0.15) is 45.8 Å². The molecule has 0 fully saturated rings. The molecule has 0 saturated carbocycles. The predicted molar refractivity (Wildman–Crippen MR) is 81.8 cm³/mol. The van der Waals surface area contributed by atoms with E-state index in [0.717, 1.165) is 16.7 Å². The summed E-state index contributed by atoms with van der Waals surface area (Å²) in [6.07, 6.45) is 0. The molecule has 0 bridgehead atoms. The van der Waals surface area contributed by atoms with Crippen LogP contribution in [0.2, 0.25) is 0 Å². The molecule has 0 spiro atoms. The Balaban J connectivity index is 2.26. The van der Waals surface area contributed by atoms with Crippen LogP contribution in [0.4, 0.5) is 5.69 Å². The molecule has 2 rings (SSSR count). The van der Waals surface area contributed by atoms with E-state index in [1.165, 1.54) is 6.92 Å². The van der Waals surface area contributed by atoms with Crippen molar-refractivity contribution in [1.29, 1.82) is 0 Å². The first-order chi connectivity index (χ1) is 10.3. The average molecular weight is 302 g/mol. The zero-order valence-electron chi connectivity index (χ0n) is 12.9. The Morgan fingerprint density at radius 3 is 2.68 bits per heavy atom. The van der Waals surface area contributed by atoms with Gasteiger partial charge in [0.15, 0.2) is 0 Å². The number of hydrogen-bond acceptors (Lipinski definition) is 4. The Labute approximate surface area is 127 Å². The van der Waals surface area contributed by atoms with Crippen LogP contribution in [0.15, 0.2) is 18.2 Å². The first-order valence-corrected chi connectivity index (χ1v) is 6.89. The zero-order valence-corrected chi connectivity index (χ0v) is 12.9. The second-order valence-electron chi connectivity index (χ2n) is 5.29. The van der Waals surface area contributed by atoms with Gasteiger partial charge in [0.25, 0.3) is 5.91 Å². The number of nitrogens with one attached hydrogen (secondary N) is 2. The summed E-state index contributed by atoms with van der Waals surface area (Å²) in [5.74, 6) is -0.565. The Morgan fingerprint density at radius 2 is 2.05 bits per heavy atom. The van der Waals surface area contributed by atoms with Crippen LogP contribution in [0.25, 0.3) is 0 Å². The van der Waals surface area contributed by atoms with E-state index in [-0.39, 0.29) is 23.1 Å². The largest absolute Gasteiger partial charge is 0.344 e. The highest BCUT2D eigenvalue weighted by atomic mass is 16.6. The van der Waals surface area contributed by atoms with Gasteiger partial charge in [-0.05, 0) is 44.4 Å². The maximum atomic E-state index is 12.3. The number of hydrogen-bond donors (Lipinski definition) is 2. The molecule has 0 aliphatic rings. The smallest absolute Gasteiger partial charge is 0.322 e. The molecule has 0 saturated heterocycles. The summed E-state index contributed by atoms with van der Waals surface area (Å²) in [4.78, 5) is 22.7. The quantitative estimate of drug-likeness (QED) is 0.669. The fourth-order valence-electron chi connectivity index (χ4n) is 2.39. The molecule has 7 nitrogen and oxygen atoms in total. The molecule has 22 heavy (non-hydrogen) atoms. The highest BCUT2D eigenvalue weighted by Crippen LogP contribution is 2.23. The third kappa shape index (κ3) is 2.83. The third-order valence-electron chi connectivity index (χ3n) is 3.77. The zero-order chi connectivity index (χ0) is 16.4. The molecule has 0 aliphatic carbocycles. The molecule has 0 aliphatic heterocycles. The second-order valence-corrected chi connectivity index (χ2v) is 5.29. The minimum absolute atomic E-state index is 0.195. The van der Waals surface area contributed by atoms with Crippen LogP contribution >= 0.6 is 0 Å². The first kappa shape index (κ1) is 15.7. The van der Waals surface area contributed by atoms with Crippen LogP contribution in [0.3, 0.4) is 0 Å². The lowest BCUT2D eigenvalue weighted by atomic mass is 9.98. The van der Waals surface area contributed by atoms with E-state index in [4.69, 9.17) is 0 Å². The number of H-pyrrole nitrogens is 1. The van der Waals surface area contributed by atoms with Crippen molar-refractivity contribution in [3.05, 3.63) is 56.4 Å². The summed E-state index contributed by atoms with van der Waals surface area (Å²) >= 11 is 0. The second kappa shape index (κ2) is 5.97. The highest BCUT2D eigenvalue weighted by Gasteiger charge is 2.28. The number of carbonyl (C=O) groups excluding carboxylic acids is 1. The minimum atomic E-state index is -0.601. The SMILES string of the molecule is Cc1cccc([C@@H](C)NC(=O)c2n[nH]c(C)c2[N+](=O)[O-])c1C. The van der Waals surface area contributed by atoms with E-state index in [0.29, 0.717) is 0 Å². The van der Waals surface area contributed by atoms with Gasteiger partial charge in [-0.25, -0.2) is 0 Å². The molecular weight excluding hydrogens is 284 g/mol. The summed E-state index contributed by atoms with van der Waals surface area (Å²) in [5.41, 5.74) is 2.96. The molecular formula is C15H18N4O3. The van der Waals surface area contributed by atoms with Crippen molar-refractivity contribution in [2.75, 3.05) is 0 Å². The van der Waals surface area contributed by atoms with Gasteiger partial charge in [0.2, 0.25) is 5.69 Å². The van der Waals surface area contributed by atoms with Crippen LogP contribution < -0.4 is 5.32 Å². The summed E-state index contributed by atoms with van der Waals surface area (Å²) in [6.45, 7) is 7.32. The lowest BCUT2D eigenvalue weighted by Gasteiger charge is -2.17. The number of aryl methyl sites for hydroxylation is 2. The van der Waals surface area contributed by atoms with Crippen molar-refractivity contribution < 1.29 is 9.72 Å². The lowest BCUT2D eigenvalue weighted by molar-refractivity contribution is -0.385. The van der Waals surface area contributed by atoms with Crippen molar-refractivity contribution in [2.45, 2.75) is 33.7 Å².